The van der Waals surface area contributed by atoms with Crippen LogP contribution in [0.5, 0.6) is 0 Å². The second-order valence-electron chi connectivity index (χ2n) is 14.9. The summed E-state index contributed by atoms with van der Waals surface area (Å²) in [7, 11) is 0. The van der Waals surface area contributed by atoms with Crippen molar-refractivity contribution in [3.63, 3.8) is 0 Å². The van der Waals surface area contributed by atoms with Crippen LogP contribution in [-0.2, 0) is 0 Å². The Hall–Kier alpha value is -0.340. The maximum Gasteiger partial charge on any atom is 0.0524 e. The highest BCUT2D eigenvalue weighted by molar-refractivity contribution is 5.32. The molecule has 1 aliphatic heterocycles. The van der Waals surface area contributed by atoms with Crippen molar-refractivity contribution in [1.82, 2.24) is 5.32 Å². The monoisotopic (exact) mass is 441 g/mol. The molecule has 2 N–H and O–H groups in total. The van der Waals surface area contributed by atoms with Gasteiger partial charge in [-0.2, -0.15) is 0 Å². The SMILES string of the molecule is CC1(C)C=C2[C@H]3CC[C@@H]4[C@@]5(C)CCCNC(C)(C)[C@@H]5CC[C@@]4(C)[C@]3(C)CC[C@@]2(CO)CC1. The van der Waals surface area contributed by atoms with E-state index in [0.717, 1.165) is 11.8 Å². The van der Waals surface area contributed by atoms with Crippen molar-refractivity contribution in [3.05, 3.63) is 11.6 Å². The number of rotatable bonds is 1. The van der Waals surface area contributed by atoms with Crippen LogP contribution in [0, 0.1) is 44.8 Å². The number of aliphatic hydroxyl groups is 1. The summed E-state index contributed by atoms with van der Waals surface area (Å²) in [5.41, 5.74) is 3.51. The van der Waals surface area contributed by atoms with Crippen LogP contribution in [-0.4, -0.2) is 23.8 Å². The molecule has 0 spiro atoms. The third-order valence-electron chi connectivity index (χ3n) is 12.7. The molecule has 0 aromatic rings. The Kier molecular flexibility index (Phi) is 5.19. The summed E-state index contributed by atoms with van der Waals surface area (Å²) in [4.78, 5) is 0. The van der Waals surface area contributed by atoms with Crippen LogP contribution in [0.1, 0.15) is 113 Å². The van der Waals surface area contributed by atoms with Crippen molar-refractivity contribution in [2.75, 3.05) is 13.2 Å². The zero-order chi connectivity index (χ0) is 23.2. The molecule has 2 heteroatoms. The molecule has 5 aliphatic rings. The van der Waals surface area contributed by atoms with E-state index in [1.54, 1.807) is 5.57 Å². The third-order valence-corrected chi connectivity index (χ3v) is 12.7. The van der Waals surface area contributed by atoms with Gasteiger partial charge in [-0.15, -0.1) is 0 Å². The molecule has 182 valence electrons. The highest BCUT2D eigenvalue weighted by atomic mass is 16.3. The average molecular weight is 442 g/mol. The van der Waals surface area contributed by atoms with Crippen LogP contribution in [0.2, 0.25) is 0 Å². The lowest BCUT2D eigenvalue weighted by Gasteiger charge is -2.71. The molecule has 0 aromatic carbocycles. The van der Waals surface area contributed by atoms with Gasteiger partial charge in [0.25, 0.3) is 0 Å². The van der Waals surface area contributed by atoms with Crippen LogP contribution in [0.3, 0.4) is 0 Å². The van der Waals surface area contributed by atoms with Crippen molar-refractivity contribution in [1.29, 1.82) is 0 Å². The number of nitrogens with one attached hydrogen (secondary N) is 1. The fourth-order valence-electron chi connectivity index (χ4n) is 10.6. The van der Waals surface area contributed by atoms with Gasteiger partial charge in [0.1, 0.15) is 0 Å². The predicted molar refractivity (Wildman–Crippen MR) is 134 cm³/mol. The van der Waals surface area contributed by atoms with Crippen LogP contribution < -0.4 is 5.32 Å². The number of aliphatic hydroxyl groups excluding tert-OH is 1. The molecule has 3 saturated carbocycles. The number of fused-ring (bicyclic) bond motifs is 7. The van der Waals surface area contributed by atoms with E-state index in [-0.39, 0.29) is 16.4 Å². The lowest BCUT2D eigenvalue weighted by molar-refractivity contribution is -0.196. The fourth-order valence-corrected chi connectivity index (χ4v) is 10.6. The lowest BCUT2D eigenvalue weighted by atomic mass is 9.34. The molecule has 0 radical (unpaired) electrons. The van der Waals surface area contributed by atoms with E-state index in [9.17, 15) is 5.11 Å². The van der Waals surface area contributed by atoms with E-state index < -0.39 is 0 Å². The minimum absolute atomic E-state index is 0.0816. The summed E-state index contributed by atoms with van der Waals surface area (Å²) in [6, 6.07) is 0. The molecule has 4 aliphatic carbocycles. The van der Waals surface area contributed by atoms with E-state index in [4.69, 9.17) is 0 Å². The van der Waals surface area contributed by atoms with Crippen LogP contribution in [0.15, 0.2) is 11.6 Å². The summed E-state index contributed by atoms with van der Waals surface area (Å²) in [5.74, 6) is 2.28. The zero-order valence-corrected chi connectivity index (χ0v) is 22.2. The van der Waals surface area contributed by atoms with E-state index >= 15 is 0 Å². The average Bonchev–Trinajstić information content (AvgIpc) is 2.83. The van der Waals surface area contributed by atoms with Gasteiger partial charge in [0.05, 0.1) is 6.61 Å². The summed E-state index contributed by atoms with van der Waals surface area (Å²) < 4.78 is 0. The maximum atomic E-state index is 10.7. The molecular weight excluding hydrogens is 390 g/mol. The van der Waals surface area contributed by atoms with Gasteiger partial charge in [0, 0.05) is 11.0 Å². The Morgan fingerprint density at radius 1 is 0.812 bits per heavy atom. The number of hydrogen-bond acceptors (Lipinski definition) is 2. The Balaban J connectivity index is 1.58. The highest BCUT2D eigenvalue weighted by Gasteiger charge is 2.67. The second kappa shape index (κ2) is 7.09. The van der Waals surface area contributed by atoms with Crippen LogP contribution >= 0.6 is 0 Å². The molecule has 1 heterocycles. The van der Waals surface area contributed by atoms with Crippen molar-refractivity contribution < 1.29 is 5.11 Å². The molecule has 5 rings (SSSR count). The van der Waals surface area contributed by atoms with Gasteiger partial charge in [0.2, 0.25) is 0 Å². The first-order valence-electron chi connectivity index (χ1n) is 13.9. The van der Waals surface area contributed by atoms with Crippen molar-refractivity contribution >= 4 is 0 Å². The van der Waals surface area contributed by atoms with Crippen molar-refractivity contribution in [3.8, 4) is 0 Å². The van der Waals surface area contributed by atoms with Gasteiger partial charge in [-0.05, 0) is 124 Å². The van der Waals surface area contributed by atoms with Gasteiger partial charge in [0.15, 0.2) is 0 Å². The first kappa shape index (κ1) is 23.4. The Morgan fingerprint density at radius 2 is 1.53 bits per heavy atom. The minimum atomic E-state index is 0.0816. The van der Waals surface area contributed by atoms with E-state index in [2.05, 4.69) is 59.9 Å². The molecule has 0 bridgehead atoms. The minimum Gasteiger partial charge on any atom is -0.395 e. The van der Waals surface area contributed by atoms with Gasteiger partial charge in [-0.25, -0.2) is 0 Å². The first-order valence-corrected chi connectivity index (χ1v) is 13.9. The zero-order valence-electron chi connectivity index (χ0n) is 22.2. The Labute approximate surface area is 198 Å². The van der Waals surface area contributed by atoms with Gasteiger partial charge < -0.3 is 10.4 Å². The third kappa shape index (κ3) is 2.96. The summed E-state index contributed by atoms with van der Waals surface area (Å²) in [5, 5.41) is 14.6. The highest BCUT2D eigenvalue weighted by Crippen LogP contribution is 2.75. The smallest absolute Gasteiger partial charge is 0.0524 e. The van der Waals surface area contributed by atoms with Gasteiger partial charge >= 0.3 is 0 Å². The lowest BCUT2D eigenvalue weighted by Crippen LogP contribution is -2.65. The molecule has 2 nitrogen and oxygen atoms in total. The van der Waals surface area contributed by atoms with E-state index in [1.165, 1.54) is 70.8 Å². The van der Waals surface area contributed by atoms with Crippen LogP contribution in [0.4, 0.5) is 0 Å². The number of hydrogen-bond donors (Lipinski definition) is 2. The van der Waals surface area contributed by atoms with E-state index in [1.807, 2.05) is 0 Å². The fraction of sp³-hybridized carbons (Fsp3) is 0.933. The molecular formula is C30H51NO. The standard InChI is InChI=1S/C30H51NO/c1-25(2)14-16-30(20-32)17-15-28(6)21(22(30)19-25)9-10-24-27(5)12-8-18-31-26(3,4)23(27)11-13-29(24,28)7/h19,21,23-24,31-32H,8-18,20H2,1-7H3/t21-,23+,24-,27+,28-,29-,30-/m1/s1. The summed E-state index contributed by atoms with van der Waals surface area (Å²) in [6.07, 6.45) is 15.8. The Morgan fingerprint density at radius 3 is 2.25 bits per heavy atom. The van der Waals surface area contributed by atoms with Gasteiger partial charge in [-0.1, -0.05) is 46.3 Å². The molecule has 0 amide bonds. The van der Waals surface area contributed by atoms with Gasteiger partial charge in [-0.3, -0.25) is 0 Å². The first-order chi connectivity index (χ1) is 14.8. The van der Waals surface area contributed by atoms with Crippen molar-refractivity contribution in [2.45, 2.75) is 118 Å². The molecule has 32 heavy (non-hydrogen) atoms. The number of allylic oxidation sites excluding steroid dienone is 1. The maximum absolute atomic E-state index is 10.7. The second-order valence-corrected chi connectivity index (χ2v) is 14.9. The largest absolute Gasteiger partial charge is 0.395 e. The van der Waals surface area contributed by atoms with Crippen LogP contribution in [0.25, 0.3) is 0 Å². The topological polar surface area (TPSA) is 32.3 Å². The molecule has 0 unspecified atom stereocenters. The van der Waals surface area contributed by atoms with E-state index in [0.29, 0.717) is 28.8 Å². The molecule has 1 saturated heterocycles. The summed E-state index contributed by atoms with van der Waals surface area (Å²) >= 11 is 0. The quantitative estimate of drug-likeness (QED) is 0.424. The molecule has 7 atom stereocenters. The summed E-state index contributed by atoms with van der Waals surface area (Å²) in [6.45, 7) is 19.5. The normalized spacial score (nSPS) is 51.9. The molecule has 4 fully saturated rings. The predicted octanol–water partition coefficient (Wildman–Crippen LogP) is 7.12. The van der Waals surface area contributed by atoms with Crippen molar-refractivity contribution in [2.24, 2.45) is 44.8 Å². The molecule has 0 aromatic heterocycles. The Bertz CT molecular complexity index is 797.